The van der Waals surface area contributed by atoms with Crippen LogP contribution in [0.3, 0.4) is 0 Å². The molecule has 3 aromatic carbocycles. The van der Waals surface area contributed by atoms with Gasteiger partial charge in [-0.3, -0.25) is 4.79 Å². The van der Waals surface area contributed by atoms with E-state index < -0.39 is 0 Å². The number of aromatic nitrogens is 1. The predicted octanol–water partition coefficient (Wildman–Crippen LogP) is 5.18. The average molecular weight is 388 g/mol. The normalized spacial score (nSPS) is 11.2. The zero-order chi connectivity index (χ0) is 19.3. The number of fused-ring (bicyclic) bond motifs is 1. The largest absolute Gasteiger partial charge is 0.350 e. The van der Waals surface area contributed by atoms with Crippen molar-refractivity contribution < 1.29 is 4.79 Å². The van der Waals surface area contributed by atoms with Crippen molar-refractivity contribution in [2.45, 2.75) is 6.42 Å². The summed E-state index contributed by atoms with van der Waals surface area (Å²) in [6.45, 7) is 0. The highest BCUT2D eigenvalue weighted by molar-refractivity contribution is 6.30. The number of para-hydroxylation sites is 1. The molecule has 4 rings (SSSR count). The quantitative estimate of drug-likeness (QED) is 0.360. The summed E-state index contributed by atoms with van der Waals surface area (Å²) in [6.07, 6.45) is 2.25. The highest BCUT2D eigenvalue weighted by Crippen LogP contribution is 2.25. The zero-order valence-electron chi connectivity index (χ0n) is 15.0. The first-order valence-corrected chi connectivity index (χ1v) is 9.31. The van der Waals surface area contributed by atoms with E-state index in [4.69, 9.17) is 11.6 Å². The SMILES string of the molecule is O=C(N/N=C/c1ccc(Cl)cc1)c1[nH]c2ccccc2c1Cc1ccccc1. The molecule has 5 heteroatoms. The lowest BCUT2D eigenvalue weighted by molar-refractivity contribution is 0.0950. The number of benzene rings is 3. The van der Waals surface area contributed by atoms with E-state index in [1.807, 2.05) is 54.6 Å². The van der Waals surface area contributed by atoms with Gasteiger partial charge in [-0.2, -0.15) is 5.10 Å². The van der Waals surface area contributed by atoms with Gasteiger partial charge in [-0.15, -0.1) is 0 Å². The first-order valence-electron chi connectivity index (χ1n) is 8.93. The molecule has 0 unspecified atom stereocenters. The van der Waals surface area contributed by atoms with Crippen molar-refractivity contribution >= 4 is 34.6 Å². The molecule has 0 fully saturated rings. The first kappa shape index (κ1) is 18.0. The number of carbonyl (C=O) groups is 1. The van der Waals surface area contributed by atoms with Crippen LogP contribution in [0.4, 0.5) is 0 Å². The summed E-state index contributed by atoms with van der Waals surface area (Å²) in [4.78, 5) is 16.0. The molecule has 0 aliphatic carbocycles. The standard InChI is InChI=1S/C23H18ClN3O/c24-18-12-10-17(11-13-18)15-25-27-23(28)22-20(14-16-6-2-1-3-7-16)19-8-4-5-9-21(19)26-22/h1-13,15,26H,14H2,(H,27,28)/b25-15+. The number of rotatable bonds is 5. The predicted molar refractivity (Wildman–Crippen MR) is 114 cm³/mol. The van der Waals surface area contributed by atoms with Crippen molar-refractivity contribution in [2.24, 2.45) is 5.10 Å². The molecular formula is C23H18ClN3O. The smallest absolute Gasteiger partial charge is 0.288 e. The molecule has 0 aliphatic heterocycles. The van der Waals surface area contributed by atoms with Crippen LogP contribution in [0.25, 0.3) is 10.9 Å². The summed E-state index contributed by atoms with van der Waals surface area (Å²) in [5.74, 6) is -0.271. The monoisotopic (exact) mass is 387 g/mol. The molecule has 0 spiro atoms. The second kappa shape index (κ2) is 8.11. The van der Waals surface area contributed by atoms with Gasteiger partial charge in [-0.05, 0) is 34.9 Å². The Labute approximate surface area is 167 Å². The van der Waals surface area contributed by atoms with Crippen molar-refractivity contribution in [2.75, 3.05) is 0 Å². The van der Waals surface area contributed by atoms with Crippen LogP contribution < -0.4 is 5.43 Å². The maximum absolute atomic E-state index is 12.8. The van der Waals surface area contributed by atoms with Crippen LogP contribution in [0.1, 0.15) is 27.2 Å². The van der Waals surface area contributed by atoms with E-state index in [-0.39, 0.29) is 5.91 Å². The highest BCUT2D eigenvalue weighted by atomic mass is 35.5. The van der Waals surface area contributed by atoms with Crippen LogP contribution in [-0.4, -0.2) is 17.1 Å². The zero-order valence-corrected chi connectivity index (χ0v) is 15.8. The number of nitrogens with zero attached hydrogens (tertiary/aromatic N) is 1. The average Bonchev–Trinajstić information content (AvgIpc) is 3.09. The number of aromatic amines is 1. The Kier molecular flexibility index (Phi) is 5.22. The fourth-order valence-electron chi connectivity index (χ4n) is 3.15. The number of hydrazone groups is 1. The van der Waals surface area contributed by atoms with Crippen molar-refractivity contribution in [3.8, 4) is 0 Å². The van der Waals surface area contributed by atoms with Crippen LogP contribution in [0.2, 0.25) is 5.02 Å². The number of nitrogens with one attached hydrogen (secondary N) is 2. The van der Waals surface area contributed by atoms with Gasteiger partial charge < -0.3 is 4.98 Å². The molecule has 1 heterocycles. The van der Waals surface area contributed by atoms with Crippen molar-refractivity contribution in [3.63, 3.8) is 0 Å². The Bertz CT molecular complexity index is 1130. The van der Waals surface area contributed by atoms with Gasteiger partial charge in [0.15, 0.2) is 0 Å². The minimum absolute atomic E-state index is 0.271. The van der Waals surface area contributed by atoms with Crippen molar-refractivity contribution in [3.05, 3.63) is 106 Å². The van der Waals surface area contributed by atoms with Crippen molar-refractivity contribution in [1.82, 2.24) is 10.4 Å². The fourth-order valence-corrected chi connectivity index (χ4v) is 3.27. The molecule has 4 aromatic rings. The summed E-state index contributed by atoms with van der Waals surface area (Å²) in [5.41, 5.74) is 7.03. The summed E-state index contributed by atoms with van der Waals surface area (Å²) in [7, 11) is 0. The van der Waals surface area contributed by atoms with E-state index in [1.54, 1.807) is 18.3 Å². The molecule has 0 radical (unpaired) electrons. The van der Waals surface area contributed by atoms with Crippen LogP contribution in [0.5, 0.6) is 0 Å². The van der Waals surface area contributed by atoms with E-state index in [0.717, 1.165) is 27.6 Å². The Balaban J connectivity index is 1.60. The lowest BCUT2D eigenvalue weighted by Crippen LogP contribution is -2.19. The molecule has 2 N–H and O–H groups in total. The van der Waals surface area contributed by atoms with Gasteiger partial charge in [0, 0.05) is 22.3 Å². The summed E-state index contributed by atoms with van der Waals surface area (Å²) in [6, 6.07) is 25.2. The lowest BCUT2D eigenvalue weighted by Gasteiger charge is -2.04. The molecule has 4 nitrogen and oxygen atoms in total. The van der Waals surface area contributed by atoms with E-state index in [2.05, 4.69) is 27.6 Å². The molecule has 1 amide bonds. The summed E-state index contributed by atoms with van der Waals surface area (Å²) < 4.78 is 0. The second-order valence-corrected chi connectivity index (χ2v) is 6.87. The fraction of sp³-hybridized carbons (Fsp3) is 0.0435. The molecular weight excluding hydrogens is 370 g/mol. The number of H-pyrrole nitrogens is 1. The van der Waals surface area contributed by atoms with Gasteiger partial charge in [0.2, 0.25) is 0 Å². The third-order valence-corrected chi connectivity index (χ3v) is 4.77. The van der Waals surface area contributed by atoms with E-state index in [0.29, 0.717) is 17.1 Å². The maximum Gasteiger partial charge on any atom is 0.288 e. The molecule has 0 saturated carbocycles. The van der Waals surface area contributed by atoms with Gasteiger partial charge in [0.05, 0.1) is 6.21 Å². The number of hydrogen-bond acceptors (Lipinski definition) is 2. The van der Waals surface area contributed by atoms with Gasteiger partial charge in [0.1, 0.15) is 5.69 Å². The minimum atomic E-state index is -0.271. The maximum atomic E-state index is 12.8. The molecule has 1 aromatic heterocycles. The topological polar surface area (TPSA) is 57.2 Å². The van der Waals surface area contributed by atoms with Crippen LogP contribution in [0, 0.1) is 0 Å². The van der Waals surface area contributed by atoms with Crippen molar-refractivity contribution in [1.29, 1.82) is 0 Å². The van der Waals surface area contributed by atoms with E-state index >= 15 is 0 Å². The lowest BCUT2D eigenvalue weighted by atomic mass is 10.0. The van der Waals surface area contributed by atoms with Gasteiger partial charge >= 0.3 is 0 Å². The second-order valence-electron chi connectivity index (χ2n) is 6.44. The number of carbonyl (C=O) groups excluding carboxylic acids is 1. The van der Waals surface area contributed by atoms with E-state index in [9.17, 15) is 4.79 Å². The molecule has 0 atom stereocenters. The third kappa shape index (κ3) is 3.97. The number of hydrogen-bond donors (Lipinski definition) is 2. The highest BCUT2D eigenvalue weighted by Gasteiger charge is 2.17. The van der Waals surface area contributed by atoms with Crippen LogP contribution in [-0.2, 0) is 6.42 Å². The molecule has 0 saturated heterocycles. The third-order valence-electron chi connectivity index (χ3n) is 4.51. The first-order chi connectivity index (χ1) is 13.7. The molecule has 0 bridgehead atoms. The number of amides is 1. The summed E-state index contributed by atoms with van der Waals surface area (Å²) in [5, 5.41) is 5.78. The van der Waals surface area contributed by atoms with Crippen LogP contribution >= 0.6 is 11.6 Å². The Morgan fingerprint density at radius 1 is 0.964 bits per heavy atom. The van der Waals surface area contributed by atoms with Crippen LogP contribution in [0.15, 0.2) is 84.0 Å². The van der Waals surface area contributed by atoms with Gasteiger partial charge in [-0.25, -0.2) is 5.43 Å². The Hall–Kier alpha value is -3.37. The Morgan fingerprint density at radius 2 is 1.68 bits per heavy atom. The van der Waals surface area contributed by atoms with Gasteiger partial charge in [-0.1, -0.05) is 72.3 Å². The Morgan fingerprint density at radius 3 is 2.46 bits per heavy atom. The molecule has 0 aliphatic rings. The minimum Gasteiger partial charge on any atom is -0.350 e. The van der Waals surface area contributed by atoms with E-state index in [1.165, 1.54) is 0 Å². The van der Waals surface area contributed by atoms with Gasteiger partial charge in [0.25, 0.3) is 5.91 Å². The molecule has 28 heavy (non-hydrogen) atoms. The summed E-state index contributed by atoms with van der Waals surface area (Å²) >= 11 is 5.88. The molecule has 138 valence electrons. The number of halogens is 1.